The van der Waals surface area contributed by atoms with E-state index in [1.807, 2.05) is 11.6 Å². The van der Waals surface area contributed by atoms with E-state index >= 15 is 0 Å². The van der Waals surface area contributed by atoms with Gasteiger partial charge in [0.05, 0.1) is 13.3 Å². The number of ether oxygens (including phenoxy) is 1. The number of methoxy groups -OCH3 is 1. The molecular weight excluding hydrogens is 216 g/mol. The van der Waals surface area contributed by atoms with Crippen LogP contribution in [0.2, 0.25) is 0 Å². The quantitative estimate of drug-likeness (QED) is 0.879. The second-order valence-electron chi connectivity index (χ2n) is 4.95. The van der Waals surface area contributed by atoms with Crippen molar-refractivity contribution in [3.8, 4) is 5.75 Å². The zero-order valence-electron chi connectivity index (χ0n) is 10.9. The average Bonchev–Trinajstić information content (AvgIpc) is 2.76. The molecule has 0 aromatic carbocycles. The van der Waals surface area contributed by atoms with E-state index in [0.29, 0.717) is 5.75 Å². The van der Waals surface area contributed by atoms with Gasteiger partial charge in [-0.2, -0.15) is 5.10 Å². The summed E-state index contributed by atoms with van der Waals surface area (Å²) < 4.78 is 7.21. The third-order valence-corrected chi connectivity index (χ3v) is 4.00. The zero-order valence-corrected chi connectivity index (χ0v) is 10.9. The molecule has 0 bridgehead atoms. The largest absolute Gasteiger partial charge is 0.493 e. The van der Waals surface area contributed by atoms with E-state index in [0.717, 1.165) is 31.5 Å². The Balaban J connectivity index is 2.46. The SMILES string of the molecule is CCn1ncc(OC)c1C1(O)CCCCC1C. The van der Waals surface area contributed by atoms with Crippen molar-refractivity contribution in [2.45, 2.75) is 51.7 Å². The van der Waals surface area contributed by atoms with Crippen molar-refractivity contribution < 1.29 is 9.84 Å². The molecular formula is C13H22N2O2. The minimum atomic E-state index is -0.782. The molecule has 1 aromatic rings. The van der Waals surface area contributed by atoms with Crippen molar-refractivity contribution in [2.75, 3.05) is 7.11 Å². The fraction of sp³-hybridized carbons (Fsp3) is 0.769. The lowest BCUT2D eigenvalue weighted by molar-refractivity contribution is -0.0555. The first kappa shape index (κ1) is 12.4. The number of aryl methyl sites for hydroxylation is 1. The van der Waals surface area contributed by atoms with Gasteiger partial charge in [-0.05, 0) is 25.7 Å². The van der Waals surface area contributed by atoms with Crippen LogP contribution in [0.15, 0.2) is 6.20 Å². The fourth-order valence-corrected chi connectivity index (χ4v) is 2.88. The molecule has 1 aliphatic carbocycles. The van der Waals surface area contributed by atoms with Crippen molar-refractivity contribution >= 4 is 0 Å². The van der Waals surface area contributed by atoms with Crippen molar-refractivity contribution in [1.82, 2.24) is 9.78 Å². The number of aromatic nitrogens is 2. The summed E-state index contributed by atoms with van der Waals surface area (Å²) in [6, 6.07) is 0. The molecule has 0 amide bonds. The van der Waals surface area contributed by atoms with Gasteiger partial charge in [0.25, 0.3) is 0 Å². The van der Waals surface area contributed by atoms with E-state index < -0.39 is 5.60 Å². The van der Waals surface area contributed by atoms with Gasteiger partial charge >= 0.3 is 0 Å². The van der Waals surface area contributed by atoms with E-state index in [-0.39, 0.29) is 5.92 Å². The number of hydrogen-bond donors (Lipinski definition) is 1. The number of aliphatic hydroxyl groups is 1. The number of hydrogen-bond acceptors (Lipinski definition) is 3. The fourth-order valence-electron chi connectivity index (χ4n) is 2.88. The lowest BCUT2D eigenvalue weighted by Crippen LogP contribution is -2.38. The topological polar surface area (TPSA) is 47.3 Å². The Hall–Kier alpha value is -1.03. The normalized spacial score (nSPS) is 29.3. The van der Waals surface area contributed by atoms with Gasteiger partial charge in [-0.15, -0.1) is 0 Å². The molecule has 2 unspecified atom stereocenters. The van der Waals surface area contributed by atoms with Crippen LogP contribution in [0.5, 0.6) is 5.75 Å². The van der Waals surface area contributed by atoms with Crippen LogP contribution in [0, 0.1) is 5.92 Å². The summed E-state index contributed by atoms with van der Waals surface area (Å²) in [6.45, 7) is 4.91. The summed E-state index contributed by atoms with van der Waals surface area (Å²) >= 11 is 0. The highest BCUT2D eigenvalue weighted by molar-refractivity contribution is 5.32. The molecule has 4 nitrogen and oxygen atoms in total. The Morgan fingerprint density at radius 1 is 1.59 bits per heavy atom. The third-order valence-electron chi connectivity index (χ3n) is 4.00. The summed E-state index contributed by atoms with van der Waals surface area (Å²) in [7, 11) is 1.64. The molecule has 1 aliphatic rings. The summed E-state index contributed by atoms with van der Waals surface area (Å²) in [5, 5.41) is 15.3. The standard InChI is InChI=1S/C13H22N2O2/c1-4-15-12(11(17-3)9-14-15)13(16)8-6-5-7-10(13)2/h9-10,16H,4-8H2,1-3H3. The molecule has 0 spiro atoms. The molecule has 1 saturated carbocycles. The summed E-state index contributed by atoms with van der Waals surface area (Å²) in [4.78, 5) is 0. The second kappa shape index (κ2) is 4.69. The first-order chi connectivity index (χ1) is 8.13. The predicted octanol–water partition coefficient (Wildman–Crippen LogP) is 2.31. The summed E-state index contributed by atoms with van der Waals surface area (Å²) in [5.74, 6) is 0.968. The van der Waals surface area contributed by atoms with E-state index in [1.54, 1.807) is 13.3 Å². The molecule has 17 heavy (non-hydrogen) atoms. The molecule has 1 N–H and O–H groups in total. The van der Waals surface area contributed by atoms with Gasteiger partial charge in [0.2, 0.25) is 0 Å². The third kappa shape index (κ3) is 1.95. The van der Waals surface area contributed by atoms with E-state index in [4.69, 9.17) is 4.74 Å². The van der Waals surface area contributed by atoms with Gasteiger partial charge in [0.1, 0.15) is 11.3 Å². The lowest BCUT2D eigenvalue weighted by Gasteiger charge is -2.38. The predicted molar refractivity (Wildman–Crippen MR) is 66.0 cm³/mol. The van der Waals surface area contributed by atoms with Gasteiger partial charge in [-0.25, -0.2) is 0 Å². The molecule has 0 aliphatic heterocycles. The van der Waals surface area contributed by atoms with Crippen molar-refractivity contribution in [3.63, 3.8) is 0 Å². The molecule has 96 valence electrons. The Bertz CT molecular complexity index is 367. The van der Waals surface area contributed by atoms with Gasteiger partial charge in [-0.1, -0.05) is 19.8 Å². The van der Waals surface area contributed by atoms with Crippen LogP contribution in [0.1, 0.15) is 45.2 Å². The van der Waals surface area contributed by atoms with Crippen molar-refractivity contribution in [3.05, 3.63) is 11.9 Å². The second-order valence-corrected chi connectivity index (χ2v) is 4.95. The maximum absolute atomic E-state index is 11.0. The molecule has 0 radical (unpaired) electrons. The maximum Gasteiger partial charge on any atom is 0.162 e. The van der Waals surface area contributed by atoms with E-state index in [1.165, 1.54) is 6.42 Å². The first-order valence-corrected chi connectivity index (χ1v) is 6.46. The van der Waals surface area contributed by atoms with Crippen LogP contribution < -0.4 is 4.74 Å². The molecule has 1 aromatic heterocycles. The van der Waals surface area contributed by atoms with Crippen LogP contribution in [-0.2, 0) is 12.1 Å². The number of nitrogens with zero attached hydrogens (tertiary/aromatic N) is 2. The Labute approximate surface area is 103 Å². The van der Waals surface area contributed by atoms with Crippen LogP contribution in [-0.4, -0.2) is 22.0 Å². The van der Waals surface area contributed by atoms with Gasteiger partial charge in [0, 0.05) is 6.54 Å². The number of rotatable bonds is 3. The molecule has 0 saturated heterocycles. The monoisotopic (exact) mass is 238 g/mol. The molecule has 1 heterocycles. The zero-order chi connectivity index (χ0) is 12.5. The lowest BCUT2D eigenvalue weighted by atomic mass is 9.74. The van der Waals surface area contributed by atoms with Gasteiger partial charge in [0.15, 0.2) is 5.75 Å². The summed E-state index contributed by atoms with van der Waals surface area (Å²) in [6.07, 6.45) is 5.84. The highest BCUT2D eigenvalue weighted by Gasteiger charge is 2.42. The van der Waals surface area contributed by atoms with Crippen molar-refractivity contribution in [2.24, 2.45) is 5.92 Å². The molecule has 1 fully saturated rings. The minimum Gasteiger partial charge on any atom is -0.493 e. The average molecular weight is 238 g/mol. The van der Waals surface area contributed by atoms with Crippen LogP contribution in [0.3, 0.4) is 0 Å². The van der Waals surface area contributed by atoms with Crippen LogP contribution in [0.25, 0.3) is 0 Å². The highest BCUT2D eigenvalue weighted by Crippen LogP contribution is 2.44. The van der Waals surface area contributed by atoms with Crippen molar-refractivity contribution in [1.29, 1.82) is 0 Å². The first-order valence-electron chi connectivity index (χ1n) is 6.46. The minimum absolute atomic E-state index is 0.257. The molecule has 4 heteroatoms. The highest BCUT2D eigenvalue weighted by atomic mass is 16.5. The smallest absolute Gasteiger partial charge is 0.162 e. The van der Waals surface area contributed by atoms with Gasteiger partial charge < -0.3 is 9.84 Å². The molecule has 2 rings (SSSR count). The van der Waals surface area contributed by atoms with E-state index in [2.05, 4.69) is 12.0 Å². The summed E-state index contributed by atoms with van der Waals surface area (Å²) in [5.41, 5.74) is 0.0746. The Morgan fingerprint density at radius 2 is 2.35 bits per heavy atom. The Kier molecular flexibility index (Phi) is 3.43. The van der Waals surface area contributed by atoms with E-state index in [9.17, 15) is 5.11 Å². The van der Waals surface area contributed by atoms with Crippen LogP contribution in [0.4, 0.5) is 0 Å². The van der Waals surface area contributed by atoms with Crippen LogP contribution >= 0.6 is 0 Å². The Morgan fingerprint density at radius 3 is 2.94 bits per heavy atom. The van der Waals surface area contributed by atoms with Gasteiger partial charge in [-0.3, -0.25) is 4.68 Å². The maximum atomic E-state index is 11.0. The molecule has 2 atom stereocenters.